The number of amides is 3. The Balaban J connectivity index is 2.47. The van der Waals surface area contributed by atoms with Crippen LogP contribution < -0.4 is 16.8 Å². The third-order valence-electron chi connectivity index (χ3n) is 2.23. The molecule has 3 amide bonds. The van der Waals surface area contributed by atoms with Crippen LogP contribution in [0.5, 0.6) is 0 Å². The summed E-state index contributed by atoms with van der Waals surface area (Å²) in [6.45, 7) is 0.889. The SMILES string of the molecule is NCCNC(=O)C(=O)N1CCC1C(N)=O. The first kappa shape index (κ1) is 11.4. The van der Waals surface area contributed by atoms with E-state index >= 15 is 0 Å². The molecule has 7 nitrogen and oxygen atoms in total. The van der Waals surface area contributed by atoms with Crippen molar-refractivity contribution < 1.29 is 14.4 Å². The van der Waals surface area contributed by atoms with Crippen molar-refractivity contribution in [2.24, 2.45) is 11.5 Å². The molecule has 7 heteroatoms. The number of nitrogens with zero attached hydrogens (tertiary/aromatic N) is 1. The largest absolute Gasteiger partial charge is 0.368 e. The highest BCUT2D eigenvalue weighted by molar-refractivity contribution is 6.35. The Bertz CT molecular complexity index is 292. The van der Waals surface area contributed by atoms with Gasteiger partial charge in [-0.2, -0.15) is 0 Å². The van der Waals surface area contributed by atoms with Gasteiger partial charge in [0.25, 0.3) is 0 Å². The molecular formula is C8H14N4O3. The molecule has 1 heterocycles. The van der Waals surface area contributed by atoms with Crippen LogP contribution in [-0.4, -0.2) is 48.3 Å². The van der Waals surface area contributed by atoms with Gasteiger partial charge in [0, 0.05) is 19.6 Å². The third-order valence-corrected chi connectivity index (χ3v) is 2.23. The molecule has 1 unspecified atom stereocenters. The molecule has 15 heavy (non-hydrogen) atoms. The molecule has 0 spiro atoms. The molecule has 84 valence electrons. The number of hydrogen-bond donors (Lipinski definition) is 3. The standard InChI is InChI=1S/C8H14N4O3/c9-2-3-11-7(14)8(15)12-4-1-5(12)6(10)13/h5H,1-4,9H2,(H2,10,13)(H,11,14). The molecule has 0 aromatic rings. The summed E-state index contributed by atoms with van der Waals surface area (Å²) in [7, 11) is 0. The van der Waals surface area contributed by atoms with Crippen LogP contribution in [0.1, 0.15) is 6.42 Å². The summed E-state index contributed by atoms with van der Waals surface area (Å²) in [6.07, 6.45) is 0.519. The van der Waals surface area contributed by atoms with Crippen LogP contribution in [0, 0.1) is 0 Å². The van der Waals surface area contributed by atoms with Crippen molar-refractivity contribution in [3.63, 3.8) is 0 Å². The van der Waals surface area contributed by atoms with E-state index in [0.717, 1.165) is 4.90 Å². The van der Waals surface area contributed by atoms with Crippen molar-refractivity contribution in [1.29, 1.82) is 0 Å². The summed E-state index contributed by atoms with van der Waals surface area (Å²) in [5.74, 6) is -2.05. The fourth-order valence-electron chi connectivity index (χ4n) is 1.32. The molecule has 1 aliphatic rings. The van der Waals surface area contributed by atoms with Crippen LogP contribution in [0.4, 0.5) is 0 Å². The lowest BCUT2D eigenvalue weighted by Crippen LogP contribution is -2.60. The minimum Gasteiger partial charge on any atom is -0.368 e. The van der Waals surface area contributed by atoms with Gasteiger partial charge < -0.3 is 21.7 Å². The van der Waals surface area contributed by atoms with Crippen LogP contribution >= 0.6 is 0 Å². The molecule has 0 aromatic carbocycles. The number of likely N-dealkylation sites (tertiary alicyclic amines) is 1. The molecule has 1 fully saturated rings. The van der Waals surface area contributed by atoms with E-state index in [0.29, 0.717) is 13.0 Å². The summed E-state index contributed by atoms with van der Waals surface area (Å²) < 4.78 is 0. The lowest BCUT2D eigenvalue weighted by atomic mass is 10.0. The third kappa shape index (κ3) is 2.44. The average molecular weight is 214 g/mol. The van der Waals surface area contributed by atoms with Crippen LogP contribution in [0.2, 0.25) is 0 Å². The summed E-state index contributed by atoms with van der Waals surface area (Å²) >= 11 is 0. The zero-order chi connectivity index (χ0) is 11.4. The molecule has 0 aromatic heterocycles. The van der Waals surface area contributed by atoms with Gasteiger partial charge in [0.1, 0.15) is 6.04 Å². The number of primary amides is 1. The van der Waals surface area contributed by atoms with Gasteiger partial charge >= 0.3 is 11.8 Å². The Morgan fingerprint density at radius 3 is 2.47 bits per heavy atom. The highest BCUT2D eigenvalue weighted by Crippen LogP contribution is 2.16. The molecule has 1 saturated heterocycles. The molecule has 0 bridgehead atoms. The smallest absolute Gasteiger partial charge is 0.312 e. The Labute approximate surface area is 86.8 Å². The fourth-order valence-corrected chi connectivity index (χ4v) is 1.32. The van der Waals surface area contributed by atoms with Gasteiger partial charge in [-0.15, -0.1) is 0 Å². The summed E-state index contributed by atoms with van der Waals surface area (Å²) in [6, 6.07) is -0.638. The molecule has 0 radical (unpaired) electrons. The second-order valence-corrected chi connectivity index (χ2v) is 3.25. The van der Waals surface area contributed by atoms with Gasteiger partial charge in [-0.3, -0.25) is 14.4 Å². The zero-order valence-corrected chi connectivity index (χ0v) is 8.23. The minimum absolute atomic E-state index is 0.236. The van der Waals surface area contributed by atoms with Crippen molar-refractivity contribution in [3.05, 3.63) is 0 Å². The molecule has 5 N–H and O–H groups in total. The maximum atomic E-state index is 11.4. The summed E-state index contributed by atoms with van der Waals surface area (Å²) in [5, 5.41) is 2.33. The van der Waals surface area contributed by atoms with E-state index in [-0.39, 0.29) is 13.1 Å². The number of rotatable bonds is 3. The first-order valence-electron chi connectivity index (χ1n) is 4.66. The number of carbonyl (C=O) groups excluding carboxylic acids is 3. The van der Waals surface area contributed by atoms with E-state index in [2.05, 4.69) is 5.32 Å². The van der Waals surface area contributed by atoms with E-state index < -0.39 is 23.8 Å². The molecular weight excluding hydrogens is 200 g/mol. The summed E-state index contributed by atoms with van der Waals surface area (Å²) in [4.78, 5) is 34.6. The Hall–Kier alpha value is -1.63. The average Bonchev–Trinajstić information content (AvgIpc) is 2.11. The summed E-state index contributed by atoms with van der Waals surface area (Å²) in [5.41, 5.74) is 10.2. The van der Waals surface area contributed by atoms with Crippen molar-refractivity contribution in [3.8, 4) is 0 Å². The second-order valence-electron chi connectivity index (χ2n) is 3.25. The van der Waals surface area contributed by atoms with E-state index in [9.17, 15) is 14.4 Å². The van der Waals surface area contributed by atoms with Crippen molar-refractivity contribution >= 4 is 17.7 Å². The van der Waals surface area contributed by atoms with E-state index in [4.69, 9.17) is 11.5 Å². The first-order valence-corrected chi connectivity index (χ1v) is 4.66. The maximum absolute atomic E-state index is 11.4. The quantitative estimate of drug-likeness (QED) is 0.438. The number of nitrogens with two attached hydrogens (primary N) is 2. The highest BCUT2D eigenvalue weighted by Gasteiger charge is 2.38. The molecule has 0 saturated carbocycles. The number of hydrogen-bond acceptors (Lipinski definition) is 4. The predicted molar refractivity (Wildman–Crippen MR) is 51.4 cm³/mol. The van der Waals surface area contributed by atoms with E-state index in [1.165, 1.54) is 0 Å². The Kier molecular flexibility index (Phi) is 3.62. The van der Waals surface area contributed by atoms with Gasteiger partial charge in [0.05, 0.1) is 0 Å². The van der Waals surface area contributed by atoms with Gasteiger partial charge in [0.15, 0.2) is 0 Å². The van der Waals surface area contributed by atoms with Gasteiger partial charge in [-0.25, -0.2) is 0 Å². The van der Waals surface area contributed by atoms with Crippen molar-refractivity contribution in [2.75, 3.05) is 19.6 Å². The van der Waals surface area contributed by atoms with Crippen LogP contribution in [0.25, 0.3) is 0 Å². The zero-order valence-electron chi connectivity index (χ0n) is 8.23. The molecule has 1 aliphatic heterocycles. The van der Waals surface area contributed by atoms with Crippen LogP contribution in [-0.2, 0) is 14.4 Å². The molecule has 0 aliphatic carbocycles. The fraction of sp³-hybridized carbons (Fsp3) is 0.625. The number of nitrogens with one attached hydrogen (secondary N) is 1. The monoisotopic (exact) mass is 214 g/mol. The lowest BCUT2D eigenvalue weighted by Gasteiger charge is -2.37. The van der Waals surface area contributed by atoms with E-state index in [1.807, 2.05) is 0 Å². The minimum atomic E-state index is -0.744. The topological polar surface area (TPSA) is 119 Å². The molecule has 1 atom stereocenters. The normalized spacial score (nSPS) is 19.3. The van der Waals surface area contributed by atoms with Crippen LogP contribution in [0.3, 0.4) is 0 Å². The van der Waals surface area contributed by atoms with Crippen molar-refractivity contribution in [2.45, 2.75) is 12.5 Å². The maximum Gasteiger partial charge on any atom is 0.312 e. The van der Waals surface area contributed by atoms with Gasteiger partial charge in [-0.05, 0) is 6.42 Å². The highest BCUT2D eigenvalue weighted by atomic mass is 16.2. The van der Waals surface area contributed by atoms with Gasteiger partial charge in [-0.1, -0.05) is 0 Å². The number of carbonyl (C=O) groups is 3. The van der Waals surface area contributed by atoms with Gasteiger partial charge in [0.2, 0.25) is 5.91 Å². The van der Waals surface area contributed by atoms with Crippen LogP contribution in [0.15, 0.2) is 0 Å². The Morgan fingerprint density at radius 2 is 2.07 bits per heavy atom. The van der Waals surface area contributed by atoms with E-state index in [1.54, 1.807) is 0 Å². The molecule has 1 rings (SSSR count). The Morgan fingerprint density at radius 1 is 1.40 bits per heavy atom. The lowest BCUT2D eigenvalue weighted by molar-refractivity contribution is -0.154. The second kappa shape index (κ2) is 4.74. The predicted octanol–water partition coefficient (Wildman–Crippen LogP) is -2.85. The first-order chi connectivity index (χ1) is 7.07. The van der Waals surface area contributed by atoms with Crippen molar-refractivity contribution in [1.82, 2.24) is 10.2 Å².